The van der Waals surface area contributed by atoms with Crippen LogP contribution in [0.4, 0.5) is 0 Å². The lowest BCUT2D eigenvalue weighted by Gasteiger charge is -2.06. The van der Waals surface area contributed by atoms with Gasteiger partial charge in [-0.2, -0.15) is 0 Å². The Hall–Kier alpha value is -1.09. The zero-order valence-electron chi connectivity index (χ0n) is 9.78. The van der Waals surface area contributed by atoms with E-state index in [1.54, 1.807) is 6.08 Å². The molecule has 0 aromatic carbocycles. The van der Waals surface area contributed by atoms with Gasteiger partial charge in [-0.15, -0.1) is 6.58 Å². The van der Waals surface area contributed by atoms with E-state index < -0.39 is 0 Å². The maximum Gasteiger partial charge on any atom is 0.243 e. The van der Waals surface area contributed by atoms with E-state index in [4.69, 9.17) is 4.74 Å². The zero-order valence-corrected chi connectivity index (χ0v) is 9.78. The number of unbranched alkanes of at least 4 members (excludes halogenated alkanes) is 2. The third-order valence-corrected chi connectivity index (χ3v) is 2.64. The average molecular weight is 223 g/mol. The van der Waals surface area contributed by atoms with Gasteiger partial charge in [0, 0.05) is 19.1 Å². The molecule has 1 rings (SSSR count). The summed E-state index contributed by atoms with van der Waals surface area (Å²) in [5.74, 6) is 0.503. The van der Waals surface area contributed by atoms with Crippen molar-refractivity contribution in [1.82, 2.24) is 5.32 Å². The second-order valence-electron chi connectivity index (χ2n) is 4.10. The molecule has 0 aromatic rings. The largest absolute Gasteiger partial charge is 0.381 e. The predicted octanol–water partition coefficient (Wildman–Crippen LogP) is 2.05. The fourth-order valence-corrected chi connectivity index (χ4v) is 1.62. The summed E-state index contributed by atoms with van der Waals surface area (Å²) in [5, 5.41) is 2.89. The predicted molar refractivity (Wildman–Crippen MR) is 65.1 cm³/mol. The van der Waals surface area contributed by atoms with Gasteiger partial charge in [0.05, 0.1) is 6.61 Å². The van der Waals surface area contributed by atoms with Crippen molar-refractivity contribution in [2.24, 2.45) is 5.92 Å². The van der Waals surface area contributed by atoms with E-state index in [0.29, 0.717) is 5.92 Å². The second-order valence-corrected chi connectivity index (χ2v) is 4.10. The Labute approximate surface area is 97.6 Å². The van der Waals surface area contributed by atoms with Gasteiger partial charge >= 0.3 is 0 Å². The molecule has 0 bridgehead atoms. The molecule has 1 heterocycles. The van der Waals surface area contributed by atoms with Crippen LogP contribution in [0, 0.1) is 5.92 Å². The highest BCUT2D eigenvalue weighted by Gasteiger charge is 2.15. The molecule has 0 spiro atoms. The Morgan fingerprint density at radius 2 is 2.38 bits per heavy atom. The normalized spacial score (nSPS) is 20.1. The van der Waals surface area contributed by atoms with Crippen LogP contribution in [-0.2, 0) is 9.53 Å². The van der Waals surface area contributed by atoms with Crippen molar-refractivity contribution in [3.8, 4) is 0 Å². The van der Waals surface area contributed by atoms with Crippen LogP contribution in [0.15, 0.2) is 24.8 Å². The molecule has 1 aliphatic heterocycles. The SMILES string of the molecule is C=CCCC/C=C/C(=O)NCC1CCOC1. The minimum absolute atomic E-state index is 0.00510. The number of carbonyl (C=O) groups excluding carboxylic acids is 1. The van der Waals surface area contributed by atoms with Crippen LogP contribution in [0.5, 0.6) is 0 Å². The van der Waals surface area contributed by atoms with Gasteiger partial charge in [0.2, 0.25) is 5.91 Å². The van der Waals surface area contributed by atoms with E-state index in [0.717, 1.165) is 45.4 Å². The number of amides is 1. The van der Waals surface area contributed by atoms with Gasteiger partial charge in [0.1, 0.15) is 0 Å². The molecular weight excluding hydrogens is 202 g/mol. The van der Waals surface area contributed by atoms with Crippen molar-refractivity contribution in [2.75, 3.05) is 19.8 Å². The number of carbonyl (C=O) groups is 1. The van der Waals surface area contributed by atoms with Crippen molar-refractivity contribution >= 4 is 5.91 Å². The molecule has 16 heavy (non-hydrogen) atoms. The van der Waals surface area contributed by atoms with Gasteiger partial charge in [0.15, 0.2) is 0 Å². The van der Waals surface area contributed by atoms with E-state index in [1.807, 2.05) is 12.2 Å². The minimum atomic E-state index is 0.00510. The number of allylic oxidation sites excluding steroid dienone is 2. The first-order valence-corrected chi connectivity index (χ1v) is 5.96. The topological polar surface area (TPSA) is 38.3 Å². The highest BCUT2D eigenvalue weighted by Crippen LogP contribution is 2.10. The van der Waals surface area contributed by atoms with E-state index in [1.165, 1.54) is 0 Å². The molecule has 3 heteroatoms. The molecule has 0 radical (unpaired) electrons. The summed E-state index contributed by atoms with van der Waals surface area (Å²) in [6.45, 7) is 6.00. The first kappa shape index (κ1) is 13.0. The Morgan fingerprint density at radius 1 is 1.50 bits per heavy atom. The van der Waals surface area contributed by atoms with E-state index >= 15 is 0 Å². The number of rotatable bonds is 7. The maximum atomic E-state index is 11.4. The second kappa shape index (κ2) is 8.11. The summed E-state index contributed by atoms with van der Waals surface area (Å²) in [7, 11) is 0. The summed E-state index contributed by atoms with van der Waals surface area (Å²) < 4.78 is 5.24. The Balaban J connectivity index is 2.03. The molecule has 1 unspecified atom stereocenters. The van der Waals surface area contributed by atoms with Crippen molar-refractivity contribution in [1.29, 1.82) is 0 Å². The maximum absolute atomic E-state index is 11.4. The summed E-state index contributed by atoms with van der Waals surface area (Å²) in [6.07, 6.45) is 9.50. The van der Waals surface area contributed by atoms with Crippen LogP contribution >= 0.6 is 0 Å². The molecule has 1 atom stereocenters. The Kier molecular flexibility index (Phi) is 6.58. The van der Waals surface area contributed by atoms with Crippen molar-refractivity contribution in [2.45, 2.75) is 25.7 Å². The van der Waals surface area contributed by atoms with Gasteiger partial charge in [-0.25, -0.2) is 0 Å². The molecule has 0 aromatic heterocycles. The monoisotopic (exact) mass is 223 g/mol. The lowest BCUT2D eigenvalue weighted by molar-refractivity contribution is -0.116. The third kappa shape index (κ3) is 5.71. The third-order valence-electron chi connectivity index (χ3n) is 2.64. The van der Waals surface area contributed by atoms with Crippen molar-refractivity contribution in [3.05, 3.63) is 24.8 Å². The molecular formula is C13H21NO2. The number of nitrogens with one attached hydrogen (secondary N) is 1. The molecule has 90 valence electrons. The average Bonchev–Trinajstić information content (AvgIpc) is 2.79. The highest BCUT2D eigenvalue weighted by molar-refractivity contribution is 5.87. The van der Waals surface area contributed by atoms with E-state index in [2.05, 4.69) is 11.9 Å². The fraction of sp³-hybridized carbons (Fsp3) is 0.615. The van der Waals surface area contributed by atoms with Gasteiger partial charge in [-0.05, 0) is 31.8 Å². The fourth-order valence-electron chi connectivity index (χ4n) is 1.62. The van der Waals surface area contributed by atoms with Gasteiger partial charge in [-0.3, -0.25) is 4.79 Å². The van der Waals surface area contributed by atoms with Crippen LogP contribution in [0.2, 0.25) is 0 Å². The lowest BCUT2D eigenvalue weighted by Crippen LogP contribution is -2.27. The molecule has 1 amide bonds. The van der Waals surface area contributed by atoms with E-state index in [9.17, 15) is 4.79 Å². The zero-order chi connectivity index (χ0) is 11.6. The summed E-state index contributed by atoms with van der Waals surface area (Å²) in [5.41, 5.74) is 0. The number of hydrogen-bond acceptors (Lipinski definition) is 2. The minimum Gasteiger partial charge on any atom is -0.381 e. The summed E-state index contributed by atoms with van der Waals surface area (Å²) in [6, 6.07) is 0. The molecule has 3 nitrogen and oxygen atoms in total. The number of hydrogen-bond donors (Lipinski definition) is 1. The molecule has 0 aliphatic carbocycles. The summed E-state index contributed by atoms with van der Waals surface area (Å²) >= 11 is 0. The van der Waals surface area contributed by atoms with E-state index in [-0.39, 0.29) is 5.91 Å². The Bertz CT molecular complexity index is 242. The first-order valence-electron chi connectivity index (χ1n) is 5.96. The molecule has 1 saturated heterocycles. The molecule has 1 N–H and O–H groups in total. The van der Waals surface area contributed by atoms with Crippen LogP contribution < -0.4 is 5.32 Å². The van der Waals surface area contributed by atoms with Crippen molar-refractivity contribution < 1.29 is 9.53 Å². The quantitative estimate of drug-likeness (QED) is 0.407. The lowest BCUT2D eigenvalue weighted by atomic mass is 10.1. The molecule has 1 fully saturated rings. The van der Waals surface area contributed by atoms with Crippen LogP contribution in [0.25, 0.3) is 0 Å². The van der Waals surface area contributed by atoms with Gasteiger partial charge in [-0.1, -0.05) is 12.2 Å². The highest BCUT2D eigenvalue weighted by atomic mass is 16.5. The number of ether oxygens (including phenoxy) is 1. The molecule has 0 saturated carbocycles. The van der Waals surface area contributed by atoms with Gasteiger partial charge < -0.3 is 10.1 Å². The van der Waals surface area contributed by atoms with Crippen LogP contribution in [-0.4, -0.2) is 25.7 Å². The summed E-state index contributed by atoms with van der Waals surface area (Å²) in [4.78, 5) is 11.4. The Morgan fingerprint density at radius 3 is 3.06 bits per heavy atom. The van der Waals surface area contributed by atoms with Crippen molar-refractivity contribution in [3.63, 3.8) is 0 Å². The first-order chi connectivity index (χ1) is 7.83. The van der Waals surface area contributed by atoms with Crippen LogP contribution in [0.3, 0.4) is 0 Å². The smallest absolute Gasteiger partial charge is 0.243 e. The molecule has 1 aliphatic rings. The van der Waals surface area contributed by atoms with Gasteiger partial charge in [0.25, 0.3) is 0 Å². The standard InChI is InChI=1S/C13H21NO2/c1-2-3-4-5-6-7-13(15)14-10-12-8-9-16-11-12/h2,6-7,12H,1,3-5,8-11H2,(H,14,15)/b7-6+. The van der Waals surface area contributed by atoms with Crippen LogP contribution in [0.1, 0.15) is 25.7 Å².